The normalized spacial score (nSPS) is 18.7. The molecule has 1 aromatic rings. The van der Waals surface area contributed by atoms with Gasteiger partial charge >= 0.3 is 29.2 Å². The molecule has 0 aliphatic carbocycles. The molecular weight excluding hydrogens is 485 g/mol. The van der Waals surface area contributed by atoms with Gasteiger partial charge in [-0.25, -0.2) is 18.5 Å². The fourth-order valence-electron chi connectivity index (χ4n) is 1.68. The second kappa shape index (κ2) is 13.4. The SMILES string of the molecule is O=P(O)(O)O.O=P(O)(O)O.O=P(O)(O)O.O=c1ccn([C@H]2CC[C@@H](CO)O2)c(=O)[nH]1. The van der Waals surface area contributed by atoms with Gasteiger partial charge in [0.2, 0.25) is 0 Å². The third kappa shape index (κ3) is 25.0. The van der Waals surface area contributed by atoms with Crippen LogP contribution in [0.4, 0.5) is 0 Å². The van der Waals surface area contributed by atoms with E-state index >= 15 is 0 Å². The number of nitrogens with zero attached hydrogens (tertiary/aromatic N) is 1. The second-order valence-electron chi connectivity index (χ2n) is 5.03. The average Bonchev–Trinajstić information content (AvgIpc) is 2.90. The molecule has 30 heavy (non-hydrogen) atoms. The molecule has 21 heteroatoms. The maximum atomic E-state index is 11.4. The molecule has 18 nitrogen and oxygen atoms in total. The molecule has 1 fully saturated rings. The zero-order chi connectivity index (χ0) is 24.3. The van der Waals surface area contributed by atoms with E-state index in [4.69, 9.17) is 67.6 Å². The highest BCUT2D eigenvalue weighted by molar-refractivity contribution is 7.45. The van der Waals surface area contributed by atoms with Gasteiger partial charge in [-0.2, -0.15) is 0 Å². The topological polar surface area (TPSA) is 318 Å². The lowest BCUT2D eigenvalue weighted by Gasteiger charge is -2.13. The van der Waals surface area contributed by atoms with E-state index in [1.165, 1.54) is 16.8 Å². The van der Waals surface area contributed by atoms with Gasteiger partial charge in [0.1, 0.15) is 6.23 Å². The van der Waals surface area contributed by atoms with Gasteiger partial charge in [0.25, 0.3) is 5.56 Å². The van der Waals surface area contributed by atoms with E-state index in [0.717, 1.165) is 0 Å². The van der Waals surface area contributed by atoms with Crippen LogP contribution in [0.3, 0.4) is 0 Å². The van der Waals surface area contributed by atoms with Gasteiger partial charge in [0.05, 0.1) is 12.7 Å². The summed E-state index contributed by atoms with van der Waals surface area (Å²) < 4.78 is 33.4. The molecule has 2 rings (SSSR count). The van der Waals surface area contributed by atoms with Crippen molar-refractivity contribution in [3.8, 4) is 0 Å². The third-order valence-electron chi connectivity index (χ3n) is 2.45. The maximum Gasteiger partial charge on any atom is 0.466 e. The first-order valence-electron chi connectivity index (χ1n) is 7.13. The summed E-state index contributed by atoms with van der Waals surface area (Å²) in [6.45, 7) is -0.0470. The Labute approximate surface area is 166 Å². The van der Waals surface area contributed by atoms with Crippen LogP contribution in [0.2, 0.25) is 0 Å². The highest BCUT2D eigenvalue weighted by Crippen LogP contribution is 2.27. The van der Waals surface area contributed by atoms with Crippen LogP contribution >= 0.6 is 23.5 Å². The standard InChI is InChI=1S/C9H12N2O4.3H3O4P/c12-5-6-1-2-8(15-6)11-4-3-7(13)10-9(11)14;3*1-5(2,3)4/h3-4,6,8,12H,1-2,5H2,(H,10,13,14);3*(H3,1,2,3,4)/t6-,8+;;;/m0.../s1. The number of H-pyrrole nitrogens is 1. The number of hydrogen-bond acceptors (Lipinski definition) is 7. The molecule has 0 aromatic carbocycles. The van der Waals surface area contributed by atoms with Crippen molar-refractivity contribution in [2.75, 3.05) is 6.61 Å². The van der Waals surface area contributed by atoms with Gasteiger partial charge in [-0.3, -0.25) is 14.3 Å². The molecular formula is C9H21N2O16P3. The zero-order valence-corrected chi connectivity index (χ0v) is 17.3. The number of aliphatic hydroxyl groups excluding tert-OH is 1. The molecule has 0 amide bonds. The predicted octanol–water partition coefficient (Wildman–Crippen LogP) is -3.58. The number of aliphatic hydroxyl groups is 1. The molecule has 0 spiro atoms. The number of rotatable bonds is 2. The molecule has 0 bridgehead atoms. The van der Waals surface area contributed by atoms with Crippen molar-refractivity contribution in [1.29, 1.82) is 0 Å². The van der Waals surface area contributed by atoms with Crippen molar-refractivity contribution >= 4 is 23.5 Å². The number of aromatic nitrogens is 2. The van der Waals surface area contributed by atoms with E-state index < -0.39 is 34.7 Å². The first-order valence-corrected chi connectivity index (χ1v) is 11.8. The average molecular weight is 506 g/mol. The summed E-state index contributed by atoms with van der Waals surface area (Å²) in [7, 11) is -13.9. The van der Waals surface area contributed by atoms with E-state index in [-0.39, 0.29) is 18.9 Å². The molecule has 0 unspecified atom stereocenters. The number of ether oxygens (including phenoxy) is 1. The Hall–Kier alpha value is -1.07. The summed E-state index contributed by atoms with van der Waals surface area (Å²) in [6.07, 6.45) is 2.19. The molecule has 2 heterocycles. The summed E-state index contributed by atoms with van der Waals surface area (Å²) in [5.74, 6) is 0. The van der Waals surface area contributed by atoms with Crippen LogP contribution < -0.4 is 11.2 Å². The van der Waals surface area contributed by atoms with Crippen LogP contribution in [-0.2, 0) is 18.4 Å². The smallest absolute Gasteiger partial charge is 0.394 e. The highest BCUT2D eigenvalue weighted by atomic mass is 31.2. The Morgan fingerprint density at radius 2 is 1.30 bits per heavy atom. The predicted molar refractivity (Wildman–Crippen MR) is 94.3 cm³/mol. The number of aromatic amines is 1. The van der Waals surface area contributed by atoms with Crippen molar-refractivity contribution in [2.45, 2.75) is 25.2 Å². The van der Waals surface area contributed by atoms with Gasteiger partial charge in [0.15, 0.2) is 0 Å². The minimum absolute atomic E-state index is 0.0470. The maximum absolute atomic E-state index is 11.4. The van der Waals surface area contributed by atoms with Gasteiger partial charge in [0, 0.05) is 12.3 Å². The van der Waals surface area contributed by atoms with Crippen LogP contribution in [0, 0.1) is 0 Å². The first-order chi connectivity index (χ1) is 13.2. The lowest BCUT2D eigenvalue weighted by atomic mass is 10.2. The Bertz CT molecular complexity index is 806. The minimum Gasteiger partial charge on any atom is -0.394 e. The largest absolute Gasteiger partial charge is 0.466 e. The molecule has 11 N–H and O–H groups in total. The fourth-order valence-corrected chi connectivity index (χ4v) is 1.68. The molecule has 0 saturated carbocycles. The highest BCUT2D eigenvalue weighted by Gasteiger charge is 2.26. The van der Waals surface area contributed by atoms with E-state index in [1.54, 1.807) is 0 Å². The van der Waals surface area contributed by atoms with Crippen molar-refractivity contribution in [1.82, 2.24) is 9.55 Å². The summed E-state index contributed by atoms with van der Waals surface area (Å²) in [4.78, 5) is 89.1. The van der Waals surface area contributed by atoms with E-state index in [0.29, 0.717) is 12.8 Å². The molecule has 2 atom stereocenters. The molecule has 178 valence electrons. The Morgan fingerprint density at radius 1 is 0.900 bits per heavy atom. The van der Waals surface area contributed by atoms with E-state index in [2.05, 4.69) is 4.98 Å². The fraction of sp³-hybridized carbons (Fsp3) is 0.556. The zero-order valence-electron chi connectivity index (χ0n) is 14.6. The van der Waals surface area contributed by atoms with Crippen molar-refractivity contribution in [3.63, 3.8) is 0 Å². The quantitative estimate of drug-likeness (QED) is 0.173. The summed E-state index contributed by atoms with van der Waals surface area (Å²) in [6, 6.07) is 1.27. The molecule has 1 aliphatic rings. The number of hydrogen-bond donors (Lipinski definition) is 11. The molecule has 1 saturated heterocycles. The Kier molecular flexibility index (Phi) is 13.9. The van der Waals surface area contributed by atoms with Gasteiger partial charge in [-0.1, -0.05) is 0 Å². The molecule has 0 radical (unpaired) electrons. The summed E-state index contributed by atoms with van der Waals surface area (Å²) in [5, 5.41) is 8.87. The lowest BCUT2D eigenvalue weighted by Crippen LogP contribution is -2.31. The lowest BCUT2D eigenvalue weighted by molar-refractivity contribution is -0.0246. The van der Waals surface area contributed by atoms with Crippen LogP contribution in [0.1, 0.15) is 19.1 Å². The van der Waals surface area contributed by atoms with Gasteiger partial charge < -0.3 is 53.9 Å². The van der Waals surface area contributed by atoms with Gasteiger partial charge in [-0.05, 0) is 12.8 Å². The van der Waals surface area contributed by atoms with Crippen LogP contribution in [-0.4, -0.2) is 71.4 Å². The van der Waals surface area contributed by atoms with E-state index in [9.17, 15) is 9.59 Å². The van der Waals surface area contributed by atoms with Crippen LogP contribution in [0.5, 0.6) is 0 Å². The minimum atomic E-state index is -4.64. The van der Waals surface area contributed by atoms with Crippen LogP contribution in [0.25, 0.3) is 0 Å². The summed E-state index contributed by atoms with van der Waals surface area (Å²) in [5.41, 5.74) is -0.904. The summed E-state index contributed by atoms with van der Waals surface area (Å²) >= 11 is 0. The van der Waals surface area contributed by atoms with Crippen molar-refractivity contribution in [2.24, 2.45) is 0 Å². The van der Waals surface area contributed by atoms with Crippen molar-refractivity contribution < 1.29 is 67.6 Å². The number of nitrogens with one attached hydrogen (secondary N) is 1. The van der Waals surface area contributed by atoms with Crippen LogP contribution in [0.15, 0.2) is 21.9 Å². The molecule has 1 aromatic heterocycles. The Morgan fingerprint density at radius 3 is 1.60 bits per heavy atom. The Balaban J connectivity index is 0. The molecule has 1 aliphatic heterocycles. The second-order valence-corrected chi connectivity index (χ2v) is 8.11. The van der Waals surface area contributed by atoms with Crippen molar-refractivity contribution in [3.05, 3.63) is 33.1 Å². The first kappa shape index (κ1) is 31.1. The van der Waals surface area contributed by atoms with E-state index in [1.807, 2.05) is 0 Å². The number of phosphoric acid groups is 3. The third-order valence-corrected chi connectivity index (χ3v) is 2.45. The monoisotopic (exact) mass is 506 g/mol. The van der Waals surface area contributed by atoms with Gasteiger partial charge in [-0.15, -0.1) is 0 Å².